The van der Waals surface area contributed by atoms with Crippen LogP contribution >= 0.6 is 0 Å². The lowest BCUT2D eigenvalue weighted by molar-refractivity contribution is 0.184. The maximum atomic E-state index is 10.7. The highest BCUT2D eigenvalue weighted by atomic mass is 32.2. The molecule has 0 amide bonds. The van der Waals surface area contributed by atoms with Gasteiger partial charge in [-0.15, -0.1) is 0 Å². The van der Waals surface area contributed by atoms with E-state index in [1.54, 1.807) is 4.68 Å². The standard InChI is InChI=1S/C7H11N3O3S/c1-8-5-3-10-7(13-4-5)6(2-9-10)14(11)12/h2,5,8H,3-4H2,1H3,(H,11,12)/p-1/t5-/m1/s1. The van der Waals surface area contributed by atoms with E-state index in [1.165, 1.54) is 6.20 Å². The molecule has 7 heteroatoms. The Morgan fingerprint density at radius 1 is 1.86 bits per heavy atom. The fourth-order valence-electron chi connectivity index (χ4n) is 1.36. The largest absolute Gasteiger partial charge is 0.768 e. The van der Waals surface area contributed by atoms with Crippen molar-refractivity contribution < 1.29 is 13.5 Å². The van der Waals surface area contributed by atoms with E-state index in [9.17, 15) is 8.76 Å². The van der Waals surface area contributed by atoms with Gasteiger partial charge in [0.25, 0.3) is 0 Å². The number of rotatable bonds is 2. The zero-order valence-electron chi connectivity index (χ0n) is 7.60. The number of nitrogens with zero attached hydrogens (tertiary/aromatic N) is 2. The minimum atomic E-state index is -2.28. The highest BCUT2D eigenvalue weighted by Crippen LogP contribution is 2.24. The molecule has 0 aliphatic carbocycles. The van der Waals surface area contributed by atoms with Crippen LogP contribution in [0.15, 0.2) is 11.1 Å². The van der Waals surface area contributed by atoms with Crippen molar-refractivity contribution in [3.8, 4) is 5.88 Å². The molecule has 0 radical (unpaired) electrons. The third-order valence-electron chi connectivity index (χ3n) is 2.16. The third kappa shape index (κ3) is 1.54. The van der Waals surface area contributed by atoms with Gasteiger partial charge >= 0.3 is 0 Å². The lowest BCUT2D eigenvalue weighted by Crippen LogP contribution is -2.39. The van der Waals surface area contributed by atoms with Crippen molar-refractivity contribution in [3.05, 3.63) is 6.20 Å². The molecule has 0 saturated heterocycles. The van der Waals surface area contributed by atoms with Crippen molar-refractivity contribution in [2.75, 3.05) is 13.7 Å². The van der Waals surface area contributed by atoms with Crippen LogP contribution in [0.2, 0.25) is 0 Å². The van der Waals surface area contributed by atoms with Crippen LogP contribution in [0.4, 0.5) is 0 Å². The quantitative estimate of drug-likeness (QED) is 0.648. The number of hydrogen-bond acceptors (Lipinski definition) is 5. The van der Waals surface area contributed by atoms with Gasteiger partial charge in [-0.1, -0.05) is 0 Å². The molecular weight excluding hydrogens is 206 g/mol. The van der Waals surface area contributed by atoms with Crippen molar-refractivity contribution in [1.82, 2.24) is 15.1 Å². The smallest absolute Gasteiger partial charge is 0.227 e. The van der Waals surface area contributed by atoms with Crippen LogP contribution in [0, 0.1) is 0 Å². The summed E-state index contributed by atoms with van der Waals surface area (Å²) < 4.78 is 28.3. The van der Waals surface area contributed by atoms with Gasteiger partial charge in [-0.3, -0.25) is 4.21 Å². The van der Waals surface area contributed by atoms with Gasteiger partial charge in [0.15, 0.2) is 0 Å². The predicted octanol–water partition coefficient (Wildman–Crippen LogP) is -0.899. The van der Waals surface area contributed by atoms with Gasteiger partial charge in [0.05, 0.1) is 18.8 Å². The van der Waals surface area contributed by atoms with E-state index in [1.807, 2.05) is 7.05 Å². The summed E-state index contributed by atoms with van der Waals surface area (Å²) >= 11 is -2.28. The number of ether oxygens (including phenoxy) is 1. The van der Waals surface area contributed by atoms with Crippen molar-refractivity contribution in [3.63, 3.8) is 0 Å². The fraction of sp³-hybridized carbons (Fsp3) is 0.571. The summed E-state index contributed by atoms with van der Waals surface area (Å²) in [6.45, 7) is 1.09. The molecule has 0 bridgehead atoms. The van der Waals surface area contributed by atoms with Gasteiger partial charge in [0.2, 0.25) is 5.88 Å². The Balaban J connectivity index is 2.29. The molecule has 2 atom stereocenters. The molecule has 78 valence electrons. The summed E-state index contributed by atoms with van der Waals surface area (Å²) in [4.78, 5) is 0.125. The Kier molecular flexibility index (Phi) is 2.53. The first-order valence-corrected chi connectivity index (χ1v) is 5.25. The van der Waals surface area contributed by atoms with E-state index in [0.717, 1.165) is 0 Å². The molecular formula is C7H10N3O3S-. The lowest BCUT2D eigenvalue weighted by atomic mass is 10.3. The zero-order valence-corrected chi connectivity index (χ0v) is 8.41. The minimum Gasteiger partial charge on any atom is -0.768 e. The molecule has 1 aromatic rings. The van der Waals surface area contributed by atoms with Crippen LogP contribution in [0.5, 0.6) is 5.88 Å². The Morgan fingerprint density at radius 2 is 2.64 bits per heavy atom. The first-order chi connectivity index (χ1) is 6.72. The van der Waals surface area contributed by atoms with Crippen molar-refractivity contribution in [2.45, 2.75) is 17.5 Å². The van der Waals surface area contributed by atoms with E-state index >= 15 is 0 Å². The molecule has 0 fully saturated rings. The number of likely N-dealkylation sites (N-methyl/N-ethyl adjacent to an activating group) is 1. The van der Waals surface area contributed by atoms with E-state index in [0.29, 0.717) is 19.0 Å². The third-order valence-corrected chi connectivity index (χ3v) is 2.80. The van der Waals surface area contributed by atoms with Crippen molar-refractivity contribution >= 4 is 11.1 Å². The second-order valence-corrected chi connectivity index (χ2v) is 3.94. The fourth-order valence-corrected chi connectivity index (χ4v) is 1.80. The van der Waals surface area contributed by atoms with Crippen LogP contribution in [-0.2, 0) is 17.6 Å². The molecule has 14 heavy (non-hydrogen) atoms. The highest BCUT2D eigenvalue weighted by molar-refractivity contribution is 7.79. The van der Waals surface area contributed by atoms with Gasteiger partial charge < -0.3 is 14.6 Å². The number of nitrogens with one attached hydrogen (secondary N) is 1. The second-order valence-electron chi connectivity index (χ2n) is 3.03. The predicted molar refractivity (Wildman–Crippen MR) is 47.8 cm³/mol. The molecule has 0 aromatic carbocycles. The Morgan fingerprint density at radius 3 is 3.29 bits per heavy atom. The Hall–Kier alpha value is -0.920. The average Bonchev–Trinajstić information content (AvgIpc) is 2.59. The van der Waals surface area contributed by atoms with Crippen LogP contribution < -0.4 is 10.1 Å². The summed E-state index contributed by atoms with van der Waals surface area (Å²) in [5.74, 6) is 0.338. The first-order valence-electron chi connectivity index (χ1n) is 4.17. The summed E-state index contributed by atoms with van der Waals surface area (Å²) in [6, 6.07) is 0.176. The zero-order chi connectivity index (χ0) is 10.1. The van der Waals surface area contributed by atoms with Gasteiger partial charge in [-0.2, -0.15) is 5.10 Å². The second kappa shape index (κ2) is 3.68. The maximum absolute atomic E-state index is 10.7. The molecule has 1 aliphatic heterocycles. The molecule has 0 spiro atoms. The molecule has 2 heterocycles. The number of hydrogen-bond donors (Lipinski definition) is 1. The first kappa shape index (κ1) is 9.63. The Bertz CT molecular complexity index is 365. The van der Waals surface area contributed by atoms with Gasteiger partial charge in [-0.25, -0.2) is 4.68 Å². The molecule has 1 aromatic heterocycles. The SMILES string of the molecule is CN[C@H]1COc2c(S(=O)[O-])cnn2C1. The summed E-state index contributed by atoms with van der Waals surface area (Å²) in [6.07, 6.45) is 1.30. The van der Waals surface area contributed by atoms with Crippen LogP contribution in [-0.4, -0.2) is 38.2 Å². The van der Waals surface area contributed by atoms with Crippen LogP contribution in [0.3, 0.4) is 0 Å². The van der Waals surface area contributed by atoms with E-state index in [2.05, 4.69) is 10.4 Å². The average molecular weight is 216 g/mol. The Labute approximate surface area is 83.5 Å². The normalized spacial score (nSPS) is 22.6. The van der Waals surface area contributed by atoms with E-state index in [-0.39, 0.29) is 10.9 Å². The molecule has 2 rings (SSSR count). The lowest BCUT2D eigenvalue weighted by Gasteiger charge is -2.24. The monoisotopic (exact) mass is 216 g/mol. The molecule has 0 saturated carbocycles. The van der Waals surface area contributed by atoms with Gasteiger partial charge in [0.1, 0.15) is 11.5 Å². The van der Waals surface area contributed by atoms with Crippen LogP contribution in [0.1, 0.15) is 0 Å². The molecule has 6 nitrogen and oxygen atoms in total. The summed E-state index contributed by atoms with van der Waals surface area (Å²) in [5.41, 5.74) is 0. The van der Waals surface area contributed by atoms with Crippen LogP contribution in [0.25, 0.3) is 0 Å². The minimum absolute atomic E-state index is 0.125. The van der Waals surface area contributed by atoms with Crippen molar-refractivity contribution in [2.24, 2.45) is 0 Å². The molecule has 1 aliphatic rings. The molecule has 1 unspecified atom stereocenters. The topological polar surface area (TPSA) is 79.2 Å². The summed E-state index contributed by atoms with van der Waals surface area (Å²) in [7, 11) is 1.83. The maximum Gasteiger partial charge on any atom is 0.227 e. The highest BCUT2D eigenvalue weighted by Gasteiger charge is 2.22. The number of aromatic nitrogens is 2. The van der Waals surface area contributed by atoms with Gasteiger partial charge in [-0.05, 0) is 18.1 Å². The van der Waals surface area contributed by atoms with Gasteiger partial charge in [0, 0.05) is 0 Å². The number of fused-ring (bicyclic) bond motifs is 1. The van der Waals surface area contributed by atoms with E-state index in [4.69, 9.17) is 4.74 Å². The van der Waals surface area contributed by atoms with E-state index < -0.39 is 11.1 Å². The molecule has 1 N–H and O–H groups in total. The van der Waals surface area contributed by atoms with Crippen molar-refractivity contribution in [1.29, 1.82) is 0 Å². The summed E-state index contributed by atoms with van der Waals surface area (Å²) in [5, 5.41) is 6.98.